The van der Waals surface area contributed by atoms with E-state index in [1.807, 2.05) is 73.9 Å². The topological polar surface area (TPSA) is 353 Å². The molecular weight excluding hydrogens is 1480 g/mol. The number of carbonyl (C=O) groups is 4. The first kappa shape index (κ1) is 74.3. The maximum Gasteiger partial charge on any atom is 0.329 e. The normalized spacial score (nSPS) is 17.9. The van der Waals surface area contributed by atoms with Crippen LogP contribution in [0.3, 0.4) is 0 Å². The first-order valence-electron chi connectivity index (χ1n) is 39.6. The summed E-state index contributed by atoms with van der Waals surface area (Å²) in [6.45, 7) is 15.2. The van der Waals surface area contributed by atoms with Crippen LogP contribution in [-0.2, 0) is 13.5 Å². The van der Waals surface area contributed by atoms with Gasteiger partial charge in [-0.15, -0.1) is 5.10 Å². The van der Waals surface area contributed by atoms with Crippen molar-refractivity contribution in [2.24, 2.45) is 7.05 Å². The Labute approximate surface area is 674 Å². The predicted octanol–water partition coefficient (Wildman–Crippen LogP) is 12.5. The van der Waals surface area contributed by atoms with Gasteiger partial charge in [-0.1, -0.05) is 26.0 Å². The van der Waals surface area contributed by atoms with Crippen LogP contribution in [0, 0.1) is 6.92 Å². The van der Waals surface area contributed by atoms with Crippen molar-refractivity contribution in [3.05, 3.63) is 207 Å². The number of carbonyl (C=O) groups excluding carboxylic acids is 4. The molecule has 0 aromatic carbocycles. The number of amides is 8. The zero-order valence-corrected chi connectivity index (χ0v) is 65.2. The van der Waals surface area contributed by atoms with E-state index in [4.69, 9.17) is 19.9 Å². The van der Waals surface area contributed by atoms with Crippen LogP contribution in [0.4, 0.5) is 88.5 Å². The molecule has 1 aliphatic carbocycles. The highest BCUT2D eigenvalue weighted by atomic mass is 16.2. The molecule has 20 heterocycles. The van der Waals surface area contributed by atoms with Gasteiger partial charge in [0.25, 0.3) is 0 Å². The molecule has 0 unspecified atom stereocenters. The van der Waals surface area contributed by atoms with Crippen molar-refractivity contribution in [3.63, 3.8) is 0 Å². The van der Waals surface area contributed by atoms with Crippen LogP contribution in [0.15, 0.2) is 184 Å². The molecule has 4 N–H and O–H groups in total. The monoisotopic (exact) mass is 1560 g/mol. The highest BCUT2D eigenvalue weighted by Gasteiger charge is 2.45. The summed E-state index contributed by atoms with van der Waals surface area (Å²) in [5.74, 6) is 5.39. The van der Waals surface area contributed by atoms with E-state index in [1.54, 1.807) is 93.3 Å². The summed E-state index contributed by atoms with van der Waals surface area (Å²) < 4.78 is 1.55. The van der Waals surface area contributed by atoms with Gasteiger partial charge in [0.05, 0.1) is 94.5 Å². The number of fused-ring (bicyclic) bond motifs is 16. The predicted molar refractivity (Wildman–Crippen MR) is 446 cm³/mol. The molecule has 4 saturated heterocycles. The smallest absolute Gasteiger partial charge is 0.329 e. The molecule has 33 heteroatoms. The van der Waals surface area contributed by atoms with Crippen LogP contribution in [0.5, 0.6) is 0 Å². The quantitative estimate of drug-likeness (QED) is 0.0934. The van der Waals surface area contributed by atoms with E-state index in [-0.39, 0.29) is 48.3 Å². The number of nitrogens with one attached hydrogen (secondary N) is 4. The molecular formula is C84H85N29O4. The Morgan fingerprint density at radius 2 is 0.786 bits per heavy atom. The minimum Gasteiger partial charge on any atom is -0.366 e. The lowest BCUT2D eigenvalue weighted by Gasteiger charge is -2.35. The summed E-state index contributed by atoms with van der Waals surface area (Å²) in [4.78, 5) is 131. The Kier molecular flexibility index (Phi) is 20.3. The Bertz CT molecular complexity index is 5540. The van der Waals surface area contributed by atoms with Gasteiger partial charge in [-0.2, -0.15) is 0 Å². The van der Waals surface area contributed by atoms with Crippen LogP contribution in [0.1, 0.15) is 93.9 Å². The molecule has 9 aliphatic rings. The van der Waals surface area contributed by atoms with Crippen molar-refractivity contribution in [3.8, 4) is 45.0 Å². The second kappa shape index (κ2) is 32.0. The lowest BCUT2D eigenvalue weighted by Crippen LogP contribution is -2.48. The zero-order valence-electron chi connectivity index (χ0n) is 65.2. The lowest BCUT2D eigenvalue weighted by atomic mass is 10.1. The number of aryl methyl sites for hydroxylation is 3. The molecule has 21 rings (SSSR count). The van der Waals surface area contributed by atoms with Gasteiger partial charge < -0.3 is 19.6 Å². The summed E-state index contributed by atoms with van der Waals surface area (Å²) in [7, 11) is 1.76. The van der Waals surface area contributed by atoms with Crippen molar-refractivity contribution in [1.82, 2.24) is 84.8 Å². The molecule has 0 radical (unpaired) electrons. The molecule has 8 amide bonds. The number of pyridine rings is 8. The van der Waals surface area contributed by atoms with Crippen LogP contribution in [0.25, 0.3) is 45.0 Å². The molecule has 4 atom stereocenters. The van der Waals surface area contributed by atoms with E-state index in [0.717, 1.165) is 175 Å². The number of urea groups is 4. The second-order valence-electron chi connectivity index (χ2n) is 30.4. The Morgan fingerprint density at radius 1 is 0.410 bits per heavy atom. The summed E-state index contributed by atoms with van der Waals surface area (Å²) in [6, 6.07) is 31.9. The number of anilines is 12. The van der Waals surface area contributed by atoms with E-state index in [2.05, 4.69) is 164 Å². The average Bonchev–Trinajstić information content (AvgIpc) is 1.70. The van der Waals surface area contributed by atoms with E-state index in [9.17, 15) is 19.2 Å². The number of hydrogen-bond acceptors (Lipinski definition) is 24. The van der Waals surface area contributed by atoms with E-state index >= 15 is 0 Å². The fraction of sp³-hybridized carbons (Fsp3) is 0.310. The summed E-state index contributed by atoms with van der Waals surface area (Å²) in [5.41, 5.74) is 15.4. The van der Waals surface area contributed by atoms with E-state index in [1.165, 1.54) is 25.2 Å². The van der Waals surface area contributed by atoms with Crippen molar-refractivity contribution < 1.29 is 19.2 Å². The van der Waals surface area contributed by atoms with Crippen LogP contribution < -0.4 is 60.5 Å². The molecule has 0 spiro atoms. The van der Waals surface area contributed by atoms with Gasteiger partial charge in [-0.05, 0) is 155 Å². The number of aromatic nitrogens is 17. The van der Waals surface area contributed by atoms with Crippen molar-refractivity contribution in [2.75, 3.05) is 113 Å². The van der Waals surface area contributed by atoms with Crippen LogP contribution >= 0.6 is 0 Å². The third kappa shape index (κ3) is 15.5. The zero-order chi connectivity index (χ0) is 79.8. The maximum absolute atomic E-state index is 13.2. The fourth-order valence-electron chi connectivity index (χ4n) is 16.4. The fourth-order valence-corrected chi connectivity index (χ4v) is 16.4. The molecule has 12 aromatic heterocycles. The summed E-state index contributed by atoms with van der Waals surface area (Å²) in [5, 5.41) is 19.3. The SMILES string of the molecule is CC(C)c1cc(-c2ccc3c(n2)N(C(=O)Nc2cnccn2)[C@H]2CCN3C2)ccn1.CCc1cc(-c2ccc3c(n2)N(C(=O)Nc2cnccn2)[C@H]2CCN3C2)ccn1.Cc1cc(-c2ccc3c(n2)N(C(=O)Nc2cn(C)nn2)[C@H]2CCN3C2)ccn1.O=C(Nc1cnccn1)N1c2nc(-c3ccnc(C4CC4)c3)ccc2N2CC[C@H]1C2. The molecule has 5 fully saturated rings. The lowest BCUT2D eigenvalue weighted by molar-refractivity contribution is 0.254. The van der Waals surface area contributed by atoms with Crippen molar-refractivity contribution >= 4 is 93.4 Å². The largest absolute Gasteiger partial charge is 0.366 e. The molecule has 33 nitrogen and oxygen atoms in total. The summed E-state index contributed by atoms with van der Waals surface area (Å²) in [6.07, 6.45) is 29.9. The summed E-state index contributed by atoms with van der Waals surface area (Å²) >= 11 is 0. The molecule has 590 valence electrons. The van der Waals surface area contributed by atoms with Gasteiger partial charge in [0.1, 0.15) is 0 Å². The Balaban J connectivity index is 0.000000108. The molecule has 1 saturated carbocycles. The van der Waals surface area contributed by atoms with Gasteiger partial charge in [-0.25, -0.2) is 54.1 Å². The first-order valence-corrected chi connectivity index (χ1v) is 39.6. The van der Waals surface area contributed by atoms with Crippen LogP contribution in [0.2, 0.25) is 0 Å². The highest BCUT2D eigenvalue weighted by Crippen LogP contribution is 2.46. The number of nitrogens with zero attached hydrogens (tertiary/aromatic N) is 25. The maximum atomic E-state index is 13.2. The van der Waals surface area contributed by atoms with Gasteiger partial charge in [0.2, 0.25) is 0 Å². The Hall–Kier alpha value is -14.1. The molecule has 8 bridgehead atoms. The second-order valence-corrected chi connectivity index (χ2v) is 30.4. The molecule has 8 aliphatic heterocycles. The van der Waals surface area contributed by atoms with Gasteiger partial charge in [-0.3, -0.25) is 80.4 Å². The highest BCUT2D eigenvalue weighted by molar-refractivity contribution is 6.07. The van der Waals surface area contributed by atoms with E-state index in [0.29, 0.717) is 58.4 Å². The minimum atomic E-state index is -0.233. The number of rotatable bonds is 11. The average molecular weight is 1560 g/mol. The molecule has 12 aromatic rings. The minimum absolute atomic E-state index is 0.0839. The third-order valence-corrected chi connectivity index (χ3v) is 22.3. The third-order valence-electron chi connectivity index (χ3n) is 22.3. The van der Waals surface area contributed by atoms with Crippen molar-refractivity contribution in [1.29, 1.82) is 0 Å². The Morgan fingerprint density at radius 3 is 1.15 bits per heavy atom. The van der Waals surface area contributed by atoms with Crippen molar-refractivity contribution in [2.45, 2.75) is 109 Å². The molecule has 117 heavy (non-hydrogen) atoms. The standard InChI is InChI=1S/C22H21N7O.C22H23N7O.C21H21N7O.C19H20N8O/c30-22(27-20-12-23-8-9-25-20)29-16-6-10-28(13-16)19-4-3-17(26-21(19)29)15-5-7-24-18(11-15)14-1-2-14;1-14(2)18-11-15(5-7-24-18)17-3-4-19-21(26-17)29(16-6-10-28(19)13-16)22(30)27-20-12-23-8-9-25-20;1-2-15-11-14(5-7-23-15)17-3-4-18-20(25-17)28(16-6-10-27(18)13-16)21(29)26-19-12-22-8-9-24-19;1-12-9-13(5-7-20-12)15-3-4-16-18(21-15)27(14-6-8-26(16)10-14)19(28)22-17-11-25(2)24-23-17/h3-5,7-9,11-12,14,16H,1-2,6,10,13H2,(H,25,27,30);3-5,7-9,11-12,14,16H,6,10,13H2,1-2H3,(H,25,27,30);3-5,7-9,11-12,16H,2,6,10,13H2,1H3,(H,24,26,29);3-5,7,9,11,14H,6,8,10H2,1-2H3,(H,22,28)/t3*16-;14-/m0000/s1. The van der Waals surface area contributed by atoms with E-state index < -0.39 is 0 Å². The van der Waals surface area contributed by atoms with Gasteiger partial charge in [0.15, 0.2) is 46.5 Å². The van der Waals surface area contributed by atoms with Crippen LogP contribution in [-0.4, -0.2) is 185 Å². The first-order chi connectivity index (χ1) is 57.2. The number of hydrogen-bond donors (Lipinski definition) is 4. The van der Waals surface area contributed by atoms with Gasteiger partial charge in [0, 0.05) is 172 Å². The van der Waals surface area contributed by atoms with Gasteiger partial charge >= 0.3 is 24.1 Å².